The quantitative estimate of drug-likeness (QED) is 0.770. The minimum Gasteiger partial charge on any atom is -0.487 e. The molecule has 1 aliphatic carbocycles. The third-order valence-corrected chi connectivity index (χ3v) is 3.67. The van der Waals surface area contributed by atoms with E-state index < -0.39 is 17.5 Å². The summed E-state index contributed by atoms with van der Waals surface area (Å²) in [4.78, 5) is 0. The van der Waals surface area contributed by atoms with Crippen molar-refractivity contribution in [3.63, 3.8) is 0 Å². The molecule has 1 aliphatic rings. The van der Waals surface area contributed by atoms with E-state index in [-0.39, 0.29) is 18.0 Å². The first-order valence-corrected chi connectivity index (χ1v) is 7.09. The fourth-order valence-electron chi connectivity index (χ4n) is 2.32. The van der Waals surface area contributed by atoms with E-state index in [9.17, 15) is 13.2 Å². The molecule has 0 heterocycles. The summed E-state index contributed by atoms with van der Waals surface area (Å²) in [6, 6.07) is 11.7. The van der Waals surface area contributed by atoms with Gasteiger partial charge in [0.1, 0.15) is 6.10 Å². The van der Waals surface area contributed by atoms with Gasteiger partial charge in [0.15, 0.2) is 17.4 Å². The van der Waals surface area contributed by atoms with Gasteiger partial charge in [0, 0.05) is 12.8 Å². The predicted molar refractivity (Wildman–Crippen MR) is 75.0 cm³/mol. The van der Waals surface area contributed by atoms with E-state index in [4.69, 9.17) is 9.47 Å². The molecule has 2 aromatic carbocycles. The lowest BCUT2D eigenvalue weighted by molar-refractivity contribution is -0.0693. The van der Waals surface area contributed by atoms with E-state index in [0.717, 1.165) is 17.7 Å². The van der Waals surface area contributed by atoms with Gasteiger partial charge < -0.3 is 9.47 Å². The first-order valence-electron chi connectivity index (χ1n) is 7.09. The Kier molecular flexibility index (Phi) is 4.34. The van der Waals surface area contributed by atoms with Crippen molar-refractivity contribution in [1.29, 1.82) is 0 Å². The average Bonchev–Trinajstić information content (AvgIpc) is 2.50. The lowest BCUT2D eigenvalue weighted by Crippen LogP contribution is -2.39. The highest BCUT2D eigenvalue weighted by molar-refractivity contribution is 5.26. The fourth-order valence-corrected chi connectivity index (χ4v) is 2.32. The second kappa shape index (κ2) is 6.40. The molecule has 1 fully saturated rings. The van der Waals surface area contributed by atoms with E-state index in [1.165, 1.54) is 0 Å². The molecule has 0 spiro atoms. The van der Waals surface area contributed by atoms with Crippen molar-refractivity contribution in [2.45, 2.75) is 31.7 Å². The van der Waals surface area contributed by atoms with Crippen LogP contribution >= 0.6 is 0 Å². The van der Waals surface area contributed by atoms with Crippen LogP contribution in [0.15, 0.2) is 42.5 Å². The number of halogens is 3. The number of hydrogen-bond acceptors (Lipinski definition) is 2. The Morgan fingerprint density at radius 1 is 0.864 bits per heavy atom. The van der Waals surface area contributed by atoms with E-state index in [2.05, 4.69) is 0 Å². The Labute approximate surface area is 126 Å². The molecule has 0 N–H and O–H groups in total. The van der Waals surface area contributed by atoms with Crippen molar-refractivity contribution in [2.75, 3.05) is 0 Å². The summed E-state index contributed by atoms with van der Waals surface area (Å²) in [5, 5.41) is 0. The highest BCUT2D eigenvalue weighted by Gasteiger charge is 2.32. The second-order valence-electron chi connectivity index (χ2n) is 5.30. The van der Waals surface area contributed by atoms with Crippen LogP contribution in [-0.4, -0.2) is 12.2 Å². The Balaban J connectivity index is 1.47. The van der Waals surface area contributed by atoms with Crippen LogP contribution in [0.25, 0.3) is 0 Å². The second-order valence-corrected chi connectivity index (χ2v) is 5.30. The van der Waals surface area contributed by atoms with Crippen molar-refractivity contribution >= 4 is 0 Å². The van der Waals surface area contributed by atoms with Crippen molar-refractivity contribution in [3.8, 4) is 5.75 Å². The minimum atomic E-state index is -1.51. The van der Waals surface area contributed by atoms with Crippen molar-refractivity contribution in [2.24, 2.45) is 0 Å². The molecule has 5 heteroatoms. The van der Waals surface area contributed by atoms with Gasteiger partial charge in [-0.1, -0.05) is 30.3 Å². The van der Waals surface area contributed by atoms with Crippen molar-refractivity contribution in [1.82, 2.24) is 0 Å². The van der Waals surface area contributed by atoms with Gasteiger partial charge in [-0.05, 0) is 17.7 Å². The van der Waals surface area contributed by atoms with E-state index >= 15 is 0 Å². The first-order chi connectivity index (χ1) is 10.6. The predicted octanol–water partition coefficient (Wildman–Crippen LogP) is 4.23. The Bertz CT molecular complexity index is 640. The summed E-state index contributed by atoms with van der Waals surface area (Å²) in [7, 11) is 0. The number of ether oxygens (including phenoxy) is 2. The zero-order chi connectivity index (χ0) is 15.5. The van der Waals surface area contributed by atoms with Gasteiger partial charge in [-0.3, -0.25) is 0 Å². The molecular formula is C17H15F3O2. The van der Waals surface area contributed by atoms with Crippen LogP contribution in [0, 0.1) is 17.5 Å². The van der Waals surface area contributed by atoms with E-state index in [0.29, 0.717) is 19.4 Å². The molecule has 0 aromatic heterocycles. The van der Waals surface area contributed by atoms with Crippen LogP contribution in [0.1, 0.15) is 18.4 Å². The zero-order valence-corrected chi connectivity index (χ0v) is 11.8. The van der Waals surface area contributed by atoms with Gasteiger partial charge in [0.25, 0.3) is 0 Å². The van der Waals surface area contributed by atoms with Gasteiger partial charge in [0.05, 0.1) is 12.7 Å². The fraction of sp³-hybridized carbons (Fsp3) is 0.294. The maximum Gasteiger partial charge on any atom is 0.203 e. The number of hydrogen-bond donors (Lipinski definition) is 0. The molecule has 0 unspecified atom stereocenters. The van der Waals surface area contributed by atoms with Crippen LogP contribution in [0.3, 0.4) is 0 Å². The molecule has 0 aliphatic heterocycles. The normalized spacial score (nSPS) is 20.5. The van der Waals surface area contributed by atoms with Crippen LogP contribution in [-0.2, 0) is 11.3 Å². The molecular weight excluding hydrogens is 293 g/mol. The van der Waals surface area contributed by atoms with Gasteiger partial charge in [0.2, 0.25) is 5.82 Å². The highest BCUT2D eigenvalue weighted by atomic mass is 19.2. The molecule has 0 amide bonds. The molecule has 0 radical (unpaired) electrons. The van der Waals surface area contributed by atoms with Gasteiger partial charge in [-0.2, -0.15) is 4.39 Å². The molecule has 0 saturated heterocycles. The van der Waals surface area contributed by atoms with Crippen LogP contribution < -0.4 is 4.74 Å². The summed E-state index contributed by atoms with van der Waals surface area (Å²) < 4.78 is 50.4. The van der Waals surface area contributed by atoms with Gasteiger partial charge in [-0.15, -0.1) is 0 Å². The maximum absolute atomic E-state index is 13.5. The summed E-state index contributed by atoms with van der Waals surface area (Å²) in [6.07, 6.45) is 1.01. The standard InChI is InChI=1S/C17H15F3O2/c18-14-6-7-15(17(20)16(14)19)22-13-8-12(9-13)21-10-11-4-2-1-3-5-11/h1-7,12-13H,8-10H2. The molecule has 116 valence electrons. The molecule has 22 heavy (non-hydrogen) atoms. The molecule has 3 rings (SSSR count). The lowest BCUT2D eigenvalue weighted by Gasteiger charge is -2.35. The third kappa shape index (κ3) is 3.25. The van der Waals surface area contributed by atoms with Crippen molar-refractivity contribution in [3.05, 3.63) is 65.5 Å². The summed E-state index contributed by atoms with van der Waals surface area (Å²) >= 11 is 0. The maximum atomic E-state index is 13.5. The van der Waals surface area contributed by atoms with Crippen LogP contribution in [0.5, 0.6) is 5.75 Å². The summed E-state index contributed by atoms with van der Waals surface area (Å²) in [5.41, 5.74) is 1.08. The Morgan fingerprint density at radius 3 is 2.32 bits per heavy atom. The molecule has 2 nitrogen and oxygen atoms in total. The third-order valence-electron chi connectivity index (χ3n) is 3.67. The molecule has 1 saturated carbocycles. The largest absolute Gasteiger partial charge is 0.487 e. The van der Waals surface area contributed by atoms with Crippen LogP contribution in [0.4, 0.5) is 13.2 Å². The monoisotopic (exact) mass is 308 g/mol. The minimum absolute atomic E-state index is 0.0403. The number of benzene rings is 2. The Hall–Kier alpha value is -2.01. The zero-order valence-electron chi connectivity index (χ0n) is 11.8. The molecule has 2 aromatic rings. The van der Waals surface area contributed by atoms with Gasteiger partial charge in [-0.25, -0.2) is 8.78 Å². The van der Waals surface area contributed by atoms with Crippen molar-refractivity contribution < 1.29 is 22.6 Å². The van der Waals surface area contributed by atoms with E-state index in [1.54, 1.807) is 0 Å². The summed E-state index contributed by atoms with van der Waals surface area (Å²) in [6.45, 7) is 0.512. The van der Waals surface area contributed by atoms with Gasteiger partial charge >= 0.3 is 0 Å². The number of rotatable bonds is 5. The topological polar surface area (TPSA) is 18.5 Å². The summed E-state index contributed by atoms with van der Waals surface area (Å²) in [5.74, 6) is -4.27. The van der Waals surface area contributed by atoms with E-state index in [1.807, 2.05) is 30.3 Å². The molecule has 0 atom stereocenters. The molecule has 0 bridgehead atoms. The Morgan fingerprint density at radius 2 is 1.59 bits per heavy atom. The SMILES string of the molecule is Fc1ccc(OC2CC(OCc3ccccc3)C2)c(F)c1F. The average molecular weight is 308 g/mol. The highest BCUT2D eigenvalue weighted by Crippen LogP contribution is 2.31. The smallest absolute Gasteiger partial charge is 0.203 e. The first kappa shape index (κ1) is 14.9. The van der Waals surface area contributed by atoms with Crippen LogP contribution in [0.2, 0.25) is 0 Å². The lowest BCUT2D eigenvalue weighted by atomic mass is 9.92.